The molecule has 0 aliphatic carbocycles. The number of thiol groups is 1. The van der Waals surface area contributed by atoms with Gasteiger partial charge in [-0.05, 0) is 42.6 Å². The molecule has 0 aliphatic rings. The molecule has 3 rings (SSSR count). The number of ketones is 1. The van der Waals surface area contributed by atoms with Gasteiger partial charge in [-0.3, -0.25) is 14.9 Å². The lowest BCUT2D eigenvalue weighted by Gasteiger charge is -2.27. The van der Waals surface area contributed by atoms with Crippen LogP contribution in [0.4, 0.5) is 10.5 Å². The van der Waals surface area contributed by atoms with Crippen molar-refractivity contribution in [3.63, 3.8) is 0 Å². The van der Waals surface area contributed by atoms with E-state index in [2.05, 4.69) is 17.9 Å². The highest BCUT2D eigenvalue weighted by molar-refractivity contribution is 7.81. The second-order valence-corrected chi connectivity index (χ2v) is 8.06. The molecule has 0 radical (unpaired) electrons. The molecular formula is C26H27NO7S. The number of ether oxygens (including phenoxy) is 3. The number of Topliss-reactive ketones (excluding diaryl/α,β-unsaturated/α-hetero) is 1. The largest absolute Gasteiger partial charge is 0.507 e. The fraction of sp³-hybridized carbons (Fsp3) is 0.269. The topological polar surface area (TPSA) is 111 Å². The van der Waals surface area contributed by atoms with Crippen molar-refractivity contribution in [2.24, 2.45) is 0 Å². The highest BCUT2D eigenvalue weighted by Gasteiger charge is 2.29. The van der Waals surface area contributed by atoms with Crippen molar-refractivity contribution in [2.45, 2.75) is 25.6 Å². The van der Waals surface area contributed by atoms with Gasteiger partial charge in [-0.25, -0.2) is 4.79 Å². The van der Waals surface area contributed by atoms with Crippen LogP contribution in [0.25, 0.3) is 10.8 Å². The van der Waals surface area contributed by atoms with Crippen LogP contribution in [-0.2, 0) is 19.0 Å². The second kappa shape index (κ2) is 12.2. The molecule has 0 saturated heterocycles. The first-order chi connectivity index (χ1) is 16.8. The monoisotopic (exact) mass is 497 g/mol. The number of hydrogen-bond donors (Lipinski definition) is 3. The molecule has 184 valence electrons. The van der Waals surface area contributed by atoms with Gasteiger partial charge >= 0.3 is 12.1 Å². The maximum absolute atomic E-state index is 12.9. The molecule has 9 heteroatoms. The summed E-state index contributed by atoms with van der Waals surface area (Å²) in [6, 6.07) is 16.8. The van der Waals surface area contributed by atoms with Gasteiger partial charge in [0.05, 0.1) is 12.4 Å². The van der Waals surface area contributed by atoms with Gasteiger partial charge in [0.25, 0.3) is 0 Å². The number of anilines is 1. The number of hydrogen-bond acceptors (Lipinski definition) is 8. The van der Waals surface area contributed by atoms with E-state index in [1.54, 1.807) is 42.5 Å². The molecule has 0 spiro atoms. The number of aromatic hydroxyl groups is 1. The quantitative estimate of drug-likeness (QED) is 0.207. The van der Waals surface area contributed by atoms with Crippen LogP contribution in [0.2, 0.25) is 0 Å². The Balaban J connectivity index is 1.89. The van der Waals surface area contributed by atoms with Crippen molar-refractivity contribution in [3.8, 4) is 5.75 Å². The van der Waals surface area contributed by atoms with E-state index < -0.39 is 24.3 Å². The van der Waals surface area contributed by atoms with Gasteiger partial charge in [0.1, 0.15) is 11.9 Å². The predicted molar refractivity (Wildman–Crippen MR) is 135 cm³/mol. The highest BCUT2D eigenvalue weighted by Crippen LogP contribution is 2.35. The Labute approximate surface area is 208 Å². The number of amides is 1. The van der Waals surface area contributed by atoms with E-state index >= 15 is 0 Å². The number of fused-ring (bicyclic) bond motifs is 1. The van der Waals surface area contributed by atoms with Crippen molar-refractivity contribution < 1.29 is 33.7 Å². The highest BCUT2D eigenvalue weighted by atomic mass is 32.1. The van der Waals surface area contributed by atoms with Gasteiger partial charge in [0.15, 0.2) is 11.9 Å². The van der Waals surface area contributed by atoms with Crippen LogP contribution in [0.3, 0.4) is 0 Å². The van der Waals surface area contributed by atoms with Gasteiger partial charge in [-0.1, -0.05) is 30.3 Å². The maximum Gasteiger partial charge on any atom is 0.412 e. The zero-order valence-electron chi connectivity index (χ0n) is 19.4. The molecule has 0 saturated carbocycles. The van der Waals surface area contributed by atoms with Crippen molar-refractivity contribution in [3.05, 3.63) is 71.8 Å². The number of carbonyl (C=O) groups is 3. The molecule has 0 bridgehead atoms. The Morgan fingerprint density at radius 2 is 1.69 bits per heavy atom. The summed E-state index contributed by atoms with van der Waals surface area (Å²) in [5, 5.41) is 14.2. The van der Waals surface area contributed by atoms with Crippen LogP contribution in [0.15, 0.2) is 60.7 Å². The minimum atomic E-state index is -0.892. The Hall–Kier alpha value is -3.56. The van der Waals surface area contributed by atoms with E-state index in [9.17, 15) is 19.5 Å². The van der Waals surface area contributed by atoms with Crippen molar-refractivity contribution in [1.82, 2.24) is 0 Å². The number of carbonyl (C=O) groups excluding carboxylic acids is 3. The number of phenols is 1. The summed E-state index contributed by atoms with van der Waals surface area (Å²) >= 11 is 3.90. The second-order valence-electron chi connectivity index (χ2n) is 7.75. The molecule has 3 aromatic carbocycles. The summed E-state index contributed by atoms with van der Waals surface area (Å²) in [7, 11) is 1.47. The first kappa shape index (κ1) is 26.1. The summed E-state index contributed by atoms with van der Waals surface area (Å²) in [5.74, 6) is -0.511. The SMILES string of the molecule is CO[C@@H](CCOC(=O)CS)[C@@H](OC(=O)Nc1ccc(C(C)=O)cc1)c1ccc(O)c2ccccc12. The lowest BCUT2D eigenvalue weighted by Crippen LogP contribution is -2.29. The molecule has 1 amide bonds. The number of benzene rings is 3. The van der Waals surface area contributed by atoms with Crippen LogP contribution in [-0.4, -0.2) is 48.5 Å². The van der Waals surface area contributed by atoms with E-state index in [1.165, 1.54) is 20.1 Å². The van der Waals surface area contributed by atoms with Gasteiger partial charge in [-0.2, -0.15) is 12.6 Å². The number of esters is 1. The molecule has 0 fully saturated rings. The molecule has 2 N–H and O–H groups in total. The number of phenolic OH excluding ortho intramolecular Hbond substituents is 1. The molecule has 0 aromatic heterocycles. The Bertz CT molecular complexity index is 1200. The molecule has 8 nitrogen and oxygen atoms in total. The summed E-state index contributed by atoms with van der Waals surface area (Å²) in [6.07, 6.45) is -2.05. The lowest BCUT2D eigenvalue weighted by molar-refractivity contribution is -0.141. The van der Waals surface area contributed by atoms with Crippen LogP contribution < -0.4 is 5.32 Å². The number of rotatable bonds is 10. The van der Waals surface area contributed by atoms with E-state index in [-0.39, 0.29) is 30.3 Å². The standard InChI is InChI=1S/C26H27NO7S/c1-16(28)17-7-9-18(10-8-17)27-26(31)34-25(23(32-2)13-14-33-24(30)15-35)21-11-12-22(29)20-6-4-3-5-19(20)21/h3-12,23,25,29,35H,13-15H2,1-2H3,(H,27,31)/t23-,25-/m0/s1. The van der Waals surface area contributed by atoms with Gasteiger partial charge in [0.2, 0.25) is 0 Å². The molecule has 3 aromatic rings. The lowest BCUT2D eigenvalue weighted by atomic mass is 9.95. The average Bonchev–Trinajstić information content (AvgIpc) is 2.86. The summed E-state index contributed by atoms with van der Waals surface area (Å²) in [6.45, 7) is 1.50. The van der Waals surface area contributed by atoms with Gasteiger partial charge in [-0.15, -0.1) is 0 Å². The normalized spacial score (nSPS) is 12.5. The fourth-order valence-corrected chi connectivity index (χ4v) is 3.76. The molecule has 0 aliphatic heterocycles. The fourth-order valence-electron chi connectivity index (χ4n) is 3.67. The van der Waals surface area contributed by atoms with E-state index in [1.807, 2.05) is 12.1 Å². The molecule has 35 heavy (non-hydrogen) atoms. The smallest absolute Gasteiger partial charge is 0.412 e. The van der Waals surface area contributed by atoms with Crippen LogP contribution in [0.1, 0.15) is 35.4 Å². The molecule has 2 atom stereocenters. The van der Waals surface area contributed by atoms with Crippen LogP contribution in [0.5, 0.6) is 5.75 Å². The van der Waals surface area contributed by atoms with E-state index in [0.717, 1.165) is 0 Å². The Morgan fingerprint density at radius 1 is 1.00 bits per heavy atom. The molecular weight excluding hydrogens is 470 g/mol. The maximum atomic E-state index is 12.9. The summed E-state index contributed by atoms with van der Waals surface area (Å²) in [5.41, 5.74) is 1.59. The Kier molecular flexibility index (Phi) is 9.11. The van der Waals surface area contributed by atoms with Crippen LogP contribution >= 0.6 is 12.6 Å². The minimum absolute atomic E-state index is 0.0436. The number of nitrogens with one attached hydrogen (secondary N) is 1. The van der Waals surface area contributed by atoms with E-state index in [4.69, 9.17) is 14.2 Å². The van der Waals surface area contributed by atoms with Crippen molar-refractivity contribution in [2.75, 3.05) is 24.8 Å². The van der Waals surface area contributed by atoms with Gasteiger partial charge in [0, 0.05) is 35.7 Å². The van der Waals surface area contributed by atoms with Gasteiger partial charge < -0.3 is 19.3 Å². The van der Waals surface area contributed by atoms with Crippen LogP contribution in [0, 0.1) is 0 Å². The zero-order valence-corrected chi connectivity index (χ0v) is 20.3. The summed E-state index contributed by atoms with van der Waals surface area (Å²) in [4.78, 5) is 35.9. The zero-order chi connectivity index (χ0) is 25.4. The predicted octanol–water partition coefficient (Wildman–Crippen LogP) is 4.92. The van der Waals surface area contributed by atoms with E-state index in [0.29, 0.717) is 27.6 Å². The third-order valence-corrected chi connectivity index (χ3v) is 5.71. The summed E-state index contributed by atoms with van der Waals surface area (Å²) < 4.78 is 16.6. The third kappa shape index (κ3) is 6.74. The first-order valence-electron chi connectivity index (χ1n) is 10.9. The average molecular weight is 498 g/mol. The van der Waals surface area contributed by atoms with Crippen molar-refractivity contribution >= 4 is 46.9 Å². The number of methoxy groups -OCH3 is 1. The third-order valence-electron chi connectivity index (χ3n) is 5.45. The molecule has 0 unspecified atom stereocenters. The Morgan fingerprint density at radius 3 is 2.31 bits per heavy atom. The first-order valence-corrected chi connectivity index (χ1v) is 11.6. The van der Waals surface area contributed by atoms with Crippen molar-refractivity contribution in [1.29, 1.82) is 0 Å². The minimum Gasteiger partial charge on any atom is -0.507 e. The molecule has 0 heterocycles.